The number of hydrogen-bond acceptors (Lipinski definition) is 6. The highest BCUT2D eigenvalue weighted by Gasteiger charge is 2.34. The van der Waals surface area contributed by atoms with Crippen LogP contribution in [0.3, 0.4) is 0 Å². The number of carbonyl (C=O) groups excluding carboxylic acids is 1. The van der Waals surface area contributed by atoms with Gasteiger partial charge in [0.1, 0.15) is 11.8 Å². The third-order valence-electron chi connectivity index (χ3n) is 5.95. The number of rotatable bonds is 7. The Balaban J connectivity index is 1.90. The Morgan fingerprint density at radius 3 is 2.64 bits per heavy atom. The van der Waals surface area contributed by atoms with Gasteiger partial charge in [0.05, 0.1) is 21.8 Å². The maximum atomic E-state index is 13.7. The van der Waals surface area contributed by atoms with Gasteiger partial charge in [-0.05, 0) is 62.2 Å². The number of nitrogens with zero attached hydrogens (tertiary/aromatic N) is 4. The first-order valence-corrected chi connectivity index (χ1v) is 12.7. The fourth-order valence-corrected chi connectivity index (χ4v) is 5.37. The van der Waals surface area contributed by atoms with Gasteiger partial charge in [0, 0.05) is 18.1 Å². The number of fused-ring (bicyclic) bond motifs is 1. The van der Waals surface area contributed by atoms with Gasteiger partial charge in [-0.25, -0.2) is 4.99 Å². The lowest BCUT2D eigenvalue weighted by molar-refractivity contribution is -0.127. The monoisotopic (exact) mass is 520 g/mol. The second-order valence-corrected chi connectivity index (χ2v) is 9.58. The zero-order valence-corrected chi connectivity index (χ0v) is 21.8. The molecule has 1 aromatic heterocycles. The molecule has 1 aliphatic heterocycles. The van der Waals surface area contributed by atoms with Crippen molar-refractivity contribution in [1.82, 2.24) is 9.47 Å². The first kappa shape index (κ1) is 25.4. The lowest BCUT2D eigenvalue weighted by atomic mass is 9.94. The van der Waals surface area contributed by atoms with E-state index in [9.17, 15) is 9.59 Å². The number of amides is 1. The van der Waals surface area contributed by atoms with Crippen molar-refractivity contribution < 1.29 is 9.53 Å². The second-order valence-electron chi connectivity index (χ2n) is 8.13. The molecule has 0 N–H and O–H groups in total. The van der Waals surface area contributed by atoms with Gasteiger partial charge in [0.2, 0.25) is 0 Å². The Morgan fingerprint density at radius 2 is 1.97 bits per heavy atom. The van der Waals surface area contributed by atoms with E-state index in [1.165, 1.54) is 11.3 Å². The number of benzene rings is 2. The zero-order chi connectivity index (χ0) is 25.8. The molecule has 2 aromatic carbocycles. The highest BCUT2D eigenvalue weighted by molar-refractivity contribution is 7.07. The van der Waals surface area contributed by atoms with Gasteiger partial charge < -0.3 is 9.64 Å². The average Bonchev–Trinajstić information content (AvgIpc) is 3.17. The van der Waals surface area contributed by atoms with Crippen LogP contribution in [0.25, 0.3) is 6.08 Å². The highest BCUT2D eigenvalue weighted by atomic mass is 35.5. The van der Waals surface area contributed by atoms with E-state index in [2.05, 4.69) is 4.99 Å². The first-order valence-electron chi connectivity index (χ1n) is 11.5. The number of allylic oxidation sites excluding steroid dienone is 1. The number of carbonyl (C=O) groups is 1. The second kappa shape index (κ2) is 10.9. The van der Waals surface area contributed by atoms with Gasteiger partial charge in [-0.3, -0.25) is 14.2 Å². The molecule has 0 aliphatic carbocycles. The van der Waals surface area contributed by atoms with Crippen LogP contribution in [0.5, 0.6) is 5.75 Å². The molecule has 9 heteroatoms. The summed E-state index contributed by atoms with van der Waals surface area (Å²) < 4.78 is 7.47. The van der Waals surface area contributed by atoms with Crippen molar-refractivity contribution >= 4 is 34.9 Å². The minimum absolute atomic E-state index is 0.0602. The predicted molar refractivity (Wildman–Crippen MR) is 141 cm³/mol. The van der Waals surface area contributed by atoms with E-state index in [1.54, 1.807) is 45.9 Å². The molecule has 0 saturated carbocycles. The Labute approximate surface area is 217 Å². The molecule has 184 valence electrons. The predicted octanol–water partition coefficient (Wildman–Crippen LogP) is 3.66. The molecule has 7 nitrogen and oxygen atoms in total. The van der Waals surface area contributed by atoms with Crippen LogP contribution in [0.2, 0.25) is 5.02 Å². The third-order valence-corrected chi connectivity index (χ3v) is 7.18. The minimum atomic E-state index is -0.626. The topological polar surface area (TPSA) is 87.7 Å². The van der Waals surface area contributed by atoms with Crippen molar-refractivity contribution in [2.45, 2.75) is 26.8 Å². The summed E-state index contributed by atoms with van der Waals surface area (Å²) in [6.45, 7) is 6.71. The smallest absolute Gasteiger partial charge is 0.271 e. The van der Waals surface area contributed by atoms with E-state index in [0.29, 0.717) is 44.5 Å². The van der Waals surface area contributed by atoms with Crippen molar-refractivity contribution in [3.05, 3.63) is 95.6 Å². The van der Waals surface area contributed by atoms with Crippen molar-refractivity contribution in [3.8, 4) is 11.8 Å². The minimum Gasteiger partial charge on any atom is -0.479 e. The van der Waals surface area contributed by atoms with Crippen LogP contribution < -0.4 is 19.6 Å². The summed E-state index contributed by atoms with van der Waals surface area (Å²) in [4.78, 5) is 34.3. The van der Waals surface area contributed by atoms with Gasteiger partial charge in [0.15, 0.2) is 11.4 Å². The maximum Gasteiger partial charge on any atom is 0.271 e. The van der Waals surface area contributed by atoms with Gasteiger partial charge in [0.25, 0.3) is 11.5 Å². The fourth-order valence-electron chi connectivity index (χ4n) is 4.20. The normalized spacial score (nSPS) is 15.2. The molecule has 1 amide bonds. The number of halogens is 1. The van der Waals surface area contributed by atoms with E-state index in [-0.39, 0.29) is 18.1 Å². The van der Waals surface area contributed by atoms with Gasteiger partial charge >= 0.3 is 0 Å². The van der Waals surface area contributed by atoms with Crippen LogP contribution in [0.4, 0.5) is 0 Å². The number of nitriles is 1. The Bertz CT molecular complexity index is 1540. The molecule has 0 bridgehead atoms. The van der Waals surface area contributed by atoms with Crippen LogP contribution in [-0.4, -0.2) is 35.1 Å². The molecule has 0 saturated heterocycles. The number of ether oxygens (including phenoxy) is 1. The molecule has 0 fully saturated rings. The summed E-state index contributed by atoms with van der Waals surface area (Å²) in [5, 5.41) is 9.34. The van der Waals surface area contributed by atoms with Crippen LogP contribution in [-0.2, 0) is 4.79 Å². The van der Waals surface area contributed by atoms with Crippen molar-refractivity contribution in [3.63, 3.8) is 0 Å². The van der Waals surface area contributed by atoms with Crippen molar-refractivity contribution in [2.75, 3.05) is 19.7 Å². The molecule has 1 atom stereocenters. The van der Waals surface area contributed by atoms with Crippen LogP contribution >= 0.6 is 22.9 Å². The van der Waals surface area contributed by atoms with E-state index in [0.717, 1.165) is 11.1 Å². The molecular weight excluding hydrogens is 496 g/mol. The van der Waals surface area contributed by atoms with Crippen molar-refractivity contribution in [2.24, 2.45) is 4.99 Å². The fraction of sp³-hybridized carbons (Fsp3) is 0.259. The van der Waals surface area contributed by atoms with Gasteiger partial charge in [-0.1, -0.05) is 47.2 Å². The lowest BCUT2D eigenvalue weighted by Crippen LogP contribution is -2.43. The molecule has 0 unspecified atom stereocenters. The third kappa shape index (κ3) is 4.99. The standard InChI is InChI=1S/C27H25ClN4O3S/c1-4-31(5-2)26(34)23-17(3)30-27-32(24(23)19-9-11-20(28)12-10-19)25(33)22(36-27)16-18-7-6-8-21(15-18)35-14-13-29/h6-12,15-16,24H,4-5,14H2,1-3H3/b22-16+/t24-/m1/s1. The first-order chi connectivity index (χ1) is 17.4. The molecular formula is C27H25ClN4O3S. The largest absolute Gasteiger partial charge is 0.479 e. The summed E-state index contributed by atoms with van der Waals surface area (Å²) in [6, 6.07) is 15.7. The van der Waals surface area contributed by atoms with E-state index < -0.39 is 6.04 Å². The molecule has 2 heterocycles. The van der Waals surface area contributed by atoms with Crippen LogP contribution in [0.15, 0.2) is 69.6 Å². The van der Waals surface area contributed by atoms with E-state index >= 15 is 0 Å². The highest BCUT2D eigenvalue weighted by Crippen LogP contribution is 2.31. The SMILES string of the molecule is CCN(CC)C(=O)C1=C(C)N=c2s/c(=C/c3cccc(OCC#N)c3)c(=O)n2[C@@H]1c1ccc(Cl)cc1. The van der Waals surface area contributed by atoms with Gasteiger partial charge in [-0.2, -0.15) is 5.26 Å². The summed E-state index contributed by atoms with van der Waals surface area (Å²) in [7, 11) is 0. The summed E-state index contributed by atoms with van der Waals surface area (Å²) in [5.41, 5.74) is 2.37. The van der Waals surface area contributed by atoms with Crippen LogP contribution in [0.1, 0.15) is 37.9 Å². The lowest BCUT2D eigenvalue weighted by Gasteiger charge is -2.29. The van der Waals surface area contributed by atoms with Gasteiger partial charge in [-0.15, -0.1) is 0 Å². The van der Waals surface area contributed by atoms with Crippen molar-refractivity contribution in [1.29, 1.82) is 5.26 Å². The average molecular weight is 521 g/mol. The molecule has 36 heavy (non-hydrogen) atoms. The zero-order valence-electron chi connectivity index (χ0n) is 20.2. The maximum absolute atomic E-state index is 13.7. The number of likely N-dealkylation sites (N-methyl/N-ethyl adjacent to an activating group) is 1. The molecule has 4 rings (SSSR count). The van der Waals surface area contributed by atoms with Crippen LogP contribution in [0, 0.1) is 11.3 Å². The molecule has 1 aliphatic rings. The molecule has 0 radical (unpaired) electrons. The Morgan fingerprint density at radius 1 is 1.25 bits per heavy atom. The Hall–Kier alpha value is -3.67. The molecule has 3 aromatic rings. The number of aromatic nitrogens is 1. The summed E-state index contributed by atoms with van der Waals surface area (Å²) >= 11 is 7.41. The molecule has 0 spiro atoms. The quantitative estimate of drug-likeness (QED) is 0.475. The Kier molecular flexibility index (Phi) is 7.73. The van der Waals surface area contributed by atoms with E-state index in [1.807, 2.05) is 45.0 Å². The van der Waals surface area contributed by atoms with E-state index in [4.69, 9.17) is 21.6 Å². The summed E-state index contributed by atoms with van der Waals surface area (Å²) in [5.74, 6) is 0.401. The number of hydrogen-bond donors (Lipinski definition) is 0. The summed E-state index contributed by atoms with van der Waals surface area (Å²) in [6.07, 6.45) is 1.77. The number of thiazole rings is 1.